The van der Waals surface area contributed by atoms with Crippen LogP contribution in [0.2, 0.25) is 0 Å². The van der Waals surface area contributed by atoms with Gasteiger partial charge in [-0.25, -0.2) is 0 Å². The molecule has 0 radical (unpaired) electrons. The molecule has 2 rings (SSSR count). The highest BCUT2D eigenvalue weighted by Gasteiger charge is 2.09. The van der Waals surface area contributed by atoms with Crippen molar-refractivity contribution in [1.29, 1.82) is 0 Å². The fourth-order valence-electron chi connectivity index (χ4n) is 1.84. The maximum absolute atomic E-state index is 12.1. The molecule has 1 aromatic carbocycles. The third-order valence-corrected chi connectivity index (χ3v) is 3.20. The van der Waals surface area contributed by atoms with Crippen LogP contribution in [0.25, 0.3) is 5.69 Å². The Labute approximate surface area is 108 Å². The number of nitrogens with two attached hydrogens (primary N) is 1. The monoisotopic (exact) mass is 292 g/mol. The second-order valence-corrected chi connectivity index (χ2v) is 4.92. The molecule has 0 fully saturated rings. The van der Waals surface area contributed by atoms with Crippen LogP contribution in [-0.4, -0.2) is 4.57 Å². The molecule has 4 heteroatoms. The zero-order valence-electron chi connectivity index (χ0n) is 9.70. The van der Waals surface area contributed by atoms with Crippen LogP contribution in [-0.2, 0) is 0 Å². The Bertz CT molecular complexity index is 632. The molecule has 1 heterocycles. The van der Waals surface area contributed by atoms with Gasteiger partial charge in [0.1, 0.15) is 5.69 Å². The van der Waals surface area contributed by atoms with Crippen molar-refractivity contribution >= 4 is 21.6 Å². The molecule has 0 aliphatic carbocycles. The van der Waals surface area contributed by atoms with Gasteiger partial charge in [0.05, 0.1) is 5.69 Å². The van der Waals surface area contributed by atoms with Crippen LogP contribution in [0.4, 0.5) is 5.69 Å². The standard InChI is InChI=1S/C13H13BrN2O/c1-8-6-9(2)16(13(17)12(8)15)11-5-3-4-10(14)7-11/h3-7H,15H2,1-2H3. The van der Waals surface area contributed by atoms with Crippen molar-refractivity contribution in [2.45, 2.75) is 13.8 Å². The number of benzene rings is 1. The Morgan fingerprint density at radius 3 is 2.59 bits per heavy atom. The van der Waals surface area contributed by atoms with Crippen molar-refractivity contribution in [2.75, 3.05) is 5.73 Å². The van der Waals surface area contributed by atoms with E-state index in [0.29, 0.717) is 5.69 Å². The summed E-state index contributed by atoms with van der Waals surface area (Å²) in [6.45, 7) is 3.74. The number of nitrogen functional groups attached to an aromatic ring is 1. The molecule has 0 saturated heterocycles. The molecule has 17 heavy (non-hydrogen) atoms. The predicted molar refractivity (Wildman–Crippen MR) is 73.6 cm³/mol. The molecule has 0 amide bonds. The predicted octanol–water partition coefficient (Wildman–Crippen LogP) is 2.80. The molecule has 0 aliphatic rings. The lowest BCUT2D eigenvalue weighted by Crippen LogP contribution is -2.24. The first-order valence-electron chi connectivity index (χ1n) is 5.25. The van der Waals surface area contributed by atoms with E-state index in [1.807, 2.05) is 44.2 Å². The first kappa shape index (κ1) is 11.9. The summed E-state index contributed by atoms with van der Waals surface area (Å²) >= 11 is 3.39. The number of nitrogens with zero attached hydrogens (tertiary/aromatic N) is 1. The van der Waals surface area contributed by atoms with E-state index in [1.54, 1.807) is 4.57 Å². The lowest BCUT2D eigenvalue weighted by Gasteiger charge is -2.12. The summed E-state index contributed by atoms with van der Waals surface area (Å²) in [4.78, 5) is 12.1. The summed E-state index contributed by atoms with van der Waals surface area (Å²) in [5, 5.41) is 0. The fraction of sp³-hybridized carbons (Fsp3) is 0.154. The number of pyridine rings is 1. The fourth-order valence-corrected chi connectivity index (χ4v) is 2.23. The summed E-state index contributed by atoms with van der Waals surface area (Å²) in [5.41, 5.74) is 8.42. The van der Waals surface area contributed by atoms with Gasteiger partial charge in [0, 0.05) is 10.2 Å². The quantitative estimate of drug-likeness (QED) is 0.879. The number of anilines is 1. The summed E-state index contributed by atoms with van der Waals surface area (Å²) in [6.07, 6.45) is 0. The normalized spacial score (nSPS) is 10.5. The van der Waals surface area contributed by atoms with Crippen molar-refractivity contribution in [3.05, 3.63) is 56.4 Å². The third kappa shape index (κ3) is 2.13. The summed E-state index contributed by atoms with van der Waals surface area (Å²) in [6, 6.07) is 9.50. The molecule has 2 aromatic rings. The van der Waals surface area contributed by atoms with Crippen molar-refractivity contribution in [3.63, 3.8) is 0 Å². The minimum absolute atomic E-state index is 0.166. The van der Waals surface area contributed by atoms with E-state index in [0.717, 1.165) is 21.4 Å². The van der Waals surface area contributed by atoms with Crippen molar-refractivity contribution in [2.24, 2.45) is 0 Å². The average molecular weight is 293 g/mol. The highest BCUT2D eigenvalue weighted by atomic mass is 79.9. The molecule has 2 N–H and O–H groups in total. The van der Waals surface area contributed by atoms with Crippen LogP contribution in [0.3, 0.4) is 0 Å². The highest BCUT2D eigenvalue weighted by molar-refractivity contribution is 9.10. The zero-order valence-corrected chi connectivity index (χ0v) is 11.3. The molecule has 3 nitrogen and oxygen atoms in total. The first-order chi connectivity index (χ1) is 8.00. The number of hydrogen-bond acceptors (Lipinski definition) is 2. The molecule has 0 bridgehead atoms. The topological polar surface area (TPSA) is 48.0 Å². The number of aromatic nitrogens is 1. The van der Waals surface area contributed by atoms with E-state index < -0.39 is 0 Å². The largest absolute Gasteiger partial charge is 0.394 e. The van der Waals surface area contributed by atoms with Gasteiger partial charge >= 0.3 is 0 Å². The van der Waals surface area contributed by atoms with Crippen molar-refractivity contribution in [3.8, 4) is 5.69 Å². The lowest BCUT2D eigenvalue weighted by atomic mass is 10.2. The van der Waals surface area contributed by atoms with Crippen LogP contribution in [0.5, 0.6) is 0 Å². The zero-order chi connectivity index (χ0) is 12.6. The second-order valence-electron chi connectivity index (χ2n) is 4.00. The summed E-state index contributed by atoms with van der Waals surface area (Å²) < 4.78 is 2.55. The number of halogens is 1. The summed E-state index contributed by atoms with van der Waals surface area (Å²) in [7, 11) is 0. The van der Waals surface area contributed by atoms with E-state index in [2.05, 4.69) is 15.9 Å². The maximum Gasteiger partial charge on any atom is 0.278 e. The van der Waals surface area contributed by atoms with Gasteiger partial charge in [0.25, 0.3) is 5.56 Å². The highest BCUT2D eigenvalue weighted by Crippen LogP contribution is 2.17. The van der Waals surface area contributed by atoms with Gasteiger partial charge in [0.2, 0.25) is 0 Å². The SMILES string of the molecule is Cc1cc(C)n(-c2cccc(Br)c2)c(=O)c1N. The van der Waals surface area contributed by atoms with Gasteiger partial charge in [-0.1, -0.05) is 22.0 Å². The number of rotatable bonds is 1. The minimum Gasteiger partial charge on any atom is -0.394 e. The van der Waals surface area contributed by atoms with Gasteiger partial charge in [-0.15, -0.1) is 0 Å². The third-order valence-electron chi connectivity index (χ3n) is 2.70. The number of aryl methyl sites for hydroxylation is 2. The van der Waals surface area contributed by atoms with E-state index >= 15 is 0 Å². The Kier molecular flexibility index (Phi) is 3.07. The van der Waals surface area contributed by atoms with Gasteiger partial charge in [-0.05, 0) is 43.7 Å². The van der Waals surface area contributed by atoms with Crippen LogP contribution in [0, 0.1) is 13.8 Å². The molecule has 0 unspecified atom stereocenters. The van der Waals surface area contributed by atoms with E-state index in [1.165, 1.54) is 0 Å². The Hall–Kier alpha value is -1.55. The molecule has 0 atom stereocenters. The first-order valence-corrected chi connectivity index (χ1v) is 6.04. The molecule has 0 saturated carbocycles. The van der Waals surface area contributed by atoms with Gasteiger partial charge < -0.3 is 5.73 Å². The molecule has 0 aliphatic heterocycles. The average Bonchev–Trinajstić information content (AvgIpc) is 2.26. The van der Waals surface area contributed by atoms with Crippen molar-refractivity contribution in [1.82, 2.24) is 4.57 Å². The van der Waals surface area contributed by atoms with Crippen molar-refractivity contribution < 1.29 is 0 Å². The molecular formula is C13H13BrN2O. The van der Waals surface area contributed by atoms with E-state index in [9.17, 15) is 4.79 Å². The van der Waals surface area contributed by atoms with E-state index in [-0.39, 0.29) is 5.56 Å². The Morgan fingerprint density at radius 1 is 1.24 bits per heavy atom. The Morgan fingerprint density at radius 2 is 1.94 bits per heavy atom. The van der Waals surface area contributed by atoms with Crippen LogP contribution < -0.4 is 11.3 Å². The van der Waals surface area contributed by atoms with Gasteiger partial charge in [-0.2, -0.15) is 0 Å². The minimum atomic E-state index is -0.166. The van der Waals surface area contributed by atoms with E-state index in [4.69, 9.17) is 5.73 Å². The van der Waals surface area contributed by atoms with Crippen LogP contribution >= 0.6 is 15.9 Å². The number of hydrogen-bond donors (Lipinski definition) is 1. The molecular weight excluding hydrogens is 280 g/mol. The molecule has 88 valence electrons. The van der Waals surface area contributed by atoms with Gasteiger partial charge in [-0.3, -0.25) is 9.36 Å². The second kappa shape index (κ2) is 4.37. The molecule has 1 aromatic heterocycles. The lowest BCUT2D eigenvalue weighted by molar-refractivity contribution is 0.931. The summed E-state index contributed by atoms with van der Waals surface area (Å²) in [5.74, 6) is 0. The van der Waals surface area contributed by atoms with Gasteiger partial charge in [0.15, 0.2) is 0 Å². The smallest absolute Gasteiger partial charge is 0.278 e. The Balaban J connectivity index is 2.77. The van der Waals surface area contributed by atoms with Crippen LogP contribution in [0.15, 0.2) is 39.6 Å². The maximum atomic E-state index is 12.1. The molecule has 0 spiro atoms. The van der Waals surface area contributed by atoms with Crippen LogP contribution in [0.1, 0.15) is 11.3 Å².